The first-order valence-electron chi connectivity index (χ1n) is 4.28. The fraction of sp³-hybridized carbons (Fsp3) is 0.182. The molecule has 0 saturated carbocycles. The monoisotopic (exact) mass is 226 g/mol. The Kier molecular flexibility index (Phi) is 4.14. The molecule has 78 valence electrons. The maximum absolute atomic E-state index is 12.9. The summed E-state index contributed by atoms with van der Waals surface area (Å²) in [6.07, 6.45) is 0. The summed E-state index contributed by atoms with van der Waals surface area (Å²) in [6.45, 7) is 1.93. The molecule has 1 aromatic rings. The summed E-state index contributed by atoms with van der Waals surface area (Å²) >= 11 is 5.62. The van der Waals surface area contributed by atoms with Gasteiger partial charge in [-0.2, -0.15) is 0 Å². The predicted octanol–water partition coefficient (Wildman–Crippen LogP) is 2.39. The molecule has 0 aliphatic rings. The van der Waals surface area contributed by atoms with Crippen molar-refractivity contribution in [3.63, 3.8) is 0 Å². The summed E-state index contributed by atoms with van der Waals surface area (Å²) in [4.78, 5) is 10.9. The first kappa shape index (κ1) is 11.5. The molecule has 0 aliphatic carbocycles. The van der Waals surface area contributed by atoms with Gasteiger partial charge < -0.3 is 4.74 Å². The maximum atomic E-state index is 12.9. The van der Waals surface area contributed by atoms with Crippen molar-refractivity contribution in [3.05, 3.63) is 34.6 Å². The van der Waals surface area contributed by atoms with E-state index in [1.165, 1.54) is 18.2 Å². The van der Waals surface area contributed by atoms with Crippen LogP contribution in [0.2, 0.25) is 5.02 Å². The Bertz CT molecular complexity index is 432. The Hall–Kier alpha value is -1.53. The number of halogens is 2. The largest absolute Gasteiger partial charge is 0.456 e. The number of ether oxygens (including phenoxy) is 1. The van der Waals surface area contributed by atoms with E-state index in [0.717, 1.165) is 0 Å². The lowest BCUT2D eigenvalue weighted by Crippen LogP contribution is -1.99. The Morgan fingerprint density at radius 2 is 2.33 bits per heavy atom. The summed E-state index contributed by atoms with van der Waals surface area (Å²) in [5.41, 5.74) is 0.268. The molecule has 0 bridgehead atoms. The highest BCUT2D eigenvalue weighted by molar-refractivity contribution is 6.31. The first-order chi connectivity index (χ1) is 7.15. The second-order valence-electron chi connectivity index (χ2n) is 2.57. The molecule has 15 heavy (non-hydrogen) atoms. The second kappa shape index (κ2) is 5.38. The molecular formula is C11H8ClFO2. The van der Waals surface area contributed by atoms with Gasteiger partial charge in [-0.1, -0.05) is 23.6 Å². The number of hydrogen-bond donors (Lipinski definition) is 0. The zero-order valence-electron chi connectivity index (χ0n) is 8.01. The van der Waals surface area contributed by atoms with Crippen molar-refractivity contribution in [2.75, 3.05) is 6.61 Å². The van der Waals surface area contributed by atoms with E-state index in [-0.39, 0.29) is 17.2 Å². The van der Waals surface area contributed by atoms with Crippen LogP contribution < -0.4 is 0 Å². The average Bonchev–Trinajstić information content (AvgIpc) is 2.21. The minimum absolute atomic E-state index is 0.0886. The maximum Gasteiger partial charge on any atom is 0.384 e. The van der Waals surface area contributed by atoms with E-state index in [2.05, 4.69) is 16.6 Å². The molecule has 0 amide bonds. The summed E-state index contributed by atoms with van der Waals surface area (Å²) in [7, 11) is 0. The molecule has 0 aromatic heterocycles. The van der Waals surface area contributed by atoms with Crippen LogP contribution in [0.25, 0.3) is 0 Å². The molecule has 0 atom stereocenters. The zero-order chi connectivity index (χ0) is 11.3. The quantitative estimate of drug-likeness (QED) is 0.543. The highest BCUT2D eigenvalue weighted by Gasteiger charge is 2.02. The molecule has 1 rings (SSSR count). The highest BCUT2D eigenvalue weighted by Crippen LogP contribution is 2.18. The van der Waals surface area contributed by atoms with E-state index < -0.39 is 11.8 Å². The highest BCUT2D eigenvalue weighted by atomic mass is 35.5. The third kappa shape index (κ3) is 3.26. The summed E-state index contributed by atoms with van der Waals surface area (Å²) < 4.78 is 17.5. The van der Waals surface area contributed by atoms with Crippen molar-refractivity contribution in [3.8, 4) is 11.8 Å². The van der Waals surface area contributed by atoms with Gasteiger partial charge in [0, 0.05) is 11.5 Å². The van der Waals surface area contributed by atoms with Crippen LogP contribution in [0.5, 0.6) is 0 Å². The fourth-order valence-corrected chi connectivity index (χ4v) is 1.06. The molecule has 1 aromatic carbocycles. The molecular weight excluding hydrogens is 219 g/mol. The summed E-state index contributed by atoms with van der Waals surface area (Å²) in [5, 5.41) is -0.0886. The van der Waals surface area contributed by atoms with Crippen LogP contribution >= 0.6 is 11.6 Å². The van der Waals surface area contributed by atoms with Crippen LogP contribution in [0, 0.1) is 17.7 Å². The molecule has 0 spiro atoms. The molecule has 0 saturated heterocycles. The topological polar surface area (TPSA) is 26.3 Å². The third-order valence-electron chi connectivity index (χ3n) is 1.53. The summed E-state index contributed by atoms with van der Waals surface area (Å²) in [5.74, 6) is 3.43. The van der Waals surface area contributed by atoms with E-state index >= 15 is 0 Å². The Balaban J connectivity index is 2.89. The Morgan fingerprint density at radius 1 is 1.60 bits per heavy atom. The zero-order valence-corrected chi connectivity index (χ0v) is 8.77. The Labute approximate surface area is 92.0 Å². The minimum Gasteiger partial charge on any atom is -0.456 e. The number of carbonyl (C=O) groups is 1. The van der Waals surface area contributed by atoms with Gasteiger partial charge in [-0.15, -0.1) is 0 Å². The SMILES string of the molecule is CCOC(=O)C#Cc1cccc(F)c1Cl. The molecule has 0 heterocycles. The van der Waals surface area contributed by atoms with Crippen molar-refractivity contribution >= 4 is 17.6 Å². The number of carbonyl (C=O) groups excluding carboxylic acids is 1. The van der Waals surface area contributed by atoms with Gasteiger partial charge in [0.05, 0.1) is 11.6 Å². The molecule has 0 aliphatic heterocycles. The van der Waals surface area contributed by atoms with Crippen molar-refractivity contribution in [1.82, 2.24) is 0 Å². The van der Waals surface area contributed by atoms with Gasteiger partial charge >= 0.3 is 5.97 Å². The van der Waals surface area contributed by atoms with Gasteiger partial charge in [0.1, 0.15) is 5.82 Å². The molecule has 2 nitrogen and oxygen atoms in total. The fourth-order valence-electron chi connectivity index (χ4n) is 0.886. The van der Waals surface area contributed by atoms with Crippen LogP contribution in [0.3, 0.4) is 0 Å². The van der Waals surface area contributed by atoms with Gasteiger partial charge in [-0.3, -0.25) is 0 Å². The van der Waals surface area contributed by atoms with Gasteiger partial charge in [-0.05, 0) is 19.1 Å². The molecule has 0 unspecified atom stereocenters. The minimum atomic E-state index is -0.655. The lowest BCUT2D eigenvalue weighted by molar-refractivity contribution is -0.136. The number of esters is 1. The van der Waals surface area contributed by atoms with E-state index in [4.69, 9.17) is 11.6 Å². The smallest absolute Gasteiger partial charge is 0.384 e. The third-order valence-corrected chi connectivity index (χ3v) is 1.91. The normalized spacial score (nSPS) is 9.00. The second-order valence-corrected chi connectivity index (χ2v) is 2.95. The van der Waals surface area contributed by atoms with E-state index in [0.29, 0.717) is 0 Å². The standard InChI is InChI=1S/C11H8ClFO2/c1-2-15-10(14)7-6-8-4-3-5-9(13)11(8)12/h3-5H,2H2,1H3. The molecule has 4 heteroatoms. The first-order valence-corrected chi connectivity index (χ1v) is 4.65. The summed E-state index contributed by atoms with van der Waals surface area (Å²) in [6, 6.07) is 4.21. The van der Waals surface area contributed by atoms with E-state index in [1.54, 1.807) is 6.92 Å². The van der Waals surface area contributed by atoms with Gasteiger partial charge in [0.15, 0.2) is 0 Å². The predicted molar refractivity (Wildman–Crippen MR) is 54.9 cm³/mol. The molecule has 0 radical (unpaired) electrons. The number of rotatable bonds is 1. The average molecular weight is 227 g/mol. The molecule has 0 fully saturated rings. The van der Waals surface area contributed by atoms with Crippen LogP contribution in [0.4, 0.5) is 4.39 Å². The van der Waals surface area contributed by atoms with Crippen molar-refractivity contribution in [1.29, 1.82) is 0 Å². The van der Waals surface area contributed by atoms with Crippen molar-refractivity contribution in [2.45, 2.75) is 6.92 Å². The van der Waals surface area contributed by atoms with Gasteiger partial charge in [0.2, 0.25) is 0 Å². The van der Waals surface area contributed by atoms with Crippen LogP contribution in [-0.2, 0) is 9.53 Å². The molecule has 0 N–H and O–H groups in total. The van der Waals surface area contributed by atoms with Gasteiger partial charge in [-0.25, -0.2) is 9.18 Å². The number of hydrogen-bond acceptors (Lipinski definition) is 2. The lowest BCUT2D eigenvalue weighted by atomic mass is 10.2. The Morgan fingerprint density at radius 3 is 3.00 bits per heavy atom. The van der Waals surface area contributed by atoms with Crippen molar-refractivity contribution < 1.29 is 13.9 Å². The lowest BCUT2D eigenvalue weighted by Gasteiger charge is -1.96. The number of benzene rings is 1. The van der Waals surface area contributed by atoms with Crippen LogP contribution in [0.15, 0.2) is 18.2 Å². The van der Waals surface area contributed by atoms with Crippen LogP contribution in [0.1, 0.15) is 12.5 Å². The van der Waals surface area contributed by atoms with Crippen molar-refractivity contribution in [2.24, 2.45) is 0 Å². The van der Waals surface area contributed by atoms with E-state index in [1.807, 2.05) is 0 Å². The van der Waals surface area contributed by atoms with Crippen LogP contribution in [-0.4, -0.2) is 12.6 Å². The van der Waals surface area contributed by atoms with E-state index in [9.17, 15) is 9.18 Å². The van der Waals surface area contributed by atoms with Gasteiger partial charge in [0.25, 0.3) is 0 Å².